The van der Waals surface area contributed by atoms with Gasteiger partial charge in [0, 0.05) is 12.5 Å². The van der Waals surface area contributed by atoms with Crippen LogP contribution in [0.4, 0.5) is 0 Å². The Bertz CT molecular complexity index is 504. The van der Waals surface area contributed by atoms with Crippen molar-refractivity contribution in [3.8, 4) is 0 Å². The second-order valence-electron chi connectivity index (χ2n) is 4.79. The topological polar surface area (TPSA) is 81.7 Å². The zero-order valence-electron chi connectivity index (χ0n) is 11.4. The van der Waals surface area contributed by atoms with Crippen molar-refractivity contribution in [1.82, 2.24) is 25.6 Å². The highest BCUT2D eigenvalue weighted by Crippen LogP contribution is 2.09. The number of nitrogens with one attached hydrogen (secondary N) is 1. The molecule has 0 bridgehead atoms. The first kappa shape index (κ1) is 13.6. The van der Waals surface area contributed by atoms with Gasteiger partial charge in [-0.05, 0) is 30.5 Å². The van der Waals surface area contributed by atoms with E-state index in [4.69, 9.17) is 5.84 Å². The fraction of sp³-hybridized carbons (Fsp3) is 0.462. The van der Waals surface area contributed by atoms with E-state index in [0.29, 0.717) is 12.2 Å². The summed E-state index contributed by atoms with van der Waals surface area (Å²) in [7, 11) is 1.76. The van der Waals surface area contributed by atoms with Gasteiger partial charge in [-0.25, -0.2) is 0 Å². The number of hydrazine groups is 1. The molecule has 0 amide bonds. The van der Waals surface area contributed by atoms with Gasteiger partial charge in [-0.3, -0.25) is 11.3 Å². The predicted molar refractivity (Wildman–Crippen MR) is 73.1 cm³/mol. The zero-order chi connectivity index (χ0) is 13.7. The van der Waals surface area contributed by atoms with Crippen LogP contribution in [0.1, 0.15) is 23.4 Å². The number of aromatic nitrogens is 4. The fourth-order valence-electron chi connectivity index (χ4n) is 1.97. The maximum absolute atomic E-state index is 5.58. The molecular weight excluding hydrogens is 240 g/mol. The molecule has 0 fully saturated rings. The van der Waals surface area contributed by atoms with Gasteiger partial charge in [-0.1, -0.05) is 29.8 Å². The first-order valence-corrected chi connectivity index (χ1v) is 6.42. The van der Waals surface area contributed by atoms with Crippen LogP contribution >= 0.6 is 0 Å². The van der Waals surface area contributed by atoms with Gasteiger partial charge in [0.05, 0.1) is 7.05 Å². The number of nitrogens with zero attached hydrogens (tertiary/aromatic N) is 4. The van der Waals surface area contributed by atoms with Crippen LogP contribution in [0.15, 0.2) is 24.3 Å². The predicted octanol–water partition coefficient (Wildman–Crippen LogP) is 0.526. The standard InChI is InChI=1S/C13H20N6/c1-10-3-5-11(6-4-10)7-8-12(15-14)9-13-16-18-19(2)17-13/h3-6,12,15H,7-9,14H2,1-2H3. The summed E-state index contributed by atoms with van der Waals surface area (Å²) in [5.41, 5.74) is 5.42. The Balaban J connectivity index is 1.87. The lowest BCUT2D eigenvalue weighted by Gasteiger charge is -2.13. The van der Waals surface area contributed by atoms with E-state index < -0.39 is 0 Å². The maximum Gasteiger partial charge on any atom is 0.176 e. The number of nitrogens with two attached hydrogens (primary N) is 1. The summed E-state index contributed by atoms with van der Waals surface area (Å²) in [6, 6.07) is 8.73. The van der Waals surface area contributed by atoms with Crippen LogP contribution in [0.5, 0.6) is 0 Å². The van der Waals surface area contributed by atoms with E-state index >= 15 is 0 Å². The molecule has 1 unspecified atom stereocenters. The summed E-state index contributed by atoms with van der Waals surface area (Å²) < 4.78 is 0. The minimum atomic E-state index is 0.158. The molecule has 0 spiro atoms. The molecule has 0 aliphatic carbocycles. The van der Waals surface area contributed by atoms with Gasteiger partial charge >= 0.3 is 0 Å². The molecule has 0 saturated heterocycles. The van der Waals surface area contributed by atoms with E-state index in [-0.39, 0.29) is 6.04 Å². The Morgan fingerprint density at radius 2 is 2.05 bits per heavy atom. The molecular formula is C13H20N6. The molecule has 0 aliphatic rings. The van der Waals surface area contributed by atoms with Crippen LogP contribution < -0.4 is 11.3 Å². The molecule has 2 aromatic rings. The van der Waals surface area contributed by atoms with E-state index in [1.54, 1.807) is 7.05 Å². The van der Waals surface area contributed by atoms with Crippen molar-refractivity contribution in [3.05, 3.63) is 41.2 Å². The van der Waals surface area contributed by atoms with E-state index in [0.717, 1.165) is 12.8 Å². The number of benzene rings is 1. The van der Waals surface area contributed by atoms with Crippen molar-refractivity contribution in [1.29, 1.82) is 0 Å². The summed E-state index contributed by atoms with van der Waals surface area (Å²) in [5, 5.41) is 12.0. The van der Waals surface area contributed by atoms with E-state index in [1.807, 2.05) is 0 Å². The molecule has 0 radical (unpaired) electrons. The van der Waals surface area contributed by atoms with Crippen molar-refractivity contribution in [3.63, 3.8) is 0 Å². The Kier molecular flexibility index (Phi) is 4.59. The molecule has 1 aromatic heterocycles. The summed E-state index contributed by atoms with van der Waals surface area (Å²) in [6.07, 6.45) is 2.61. The monoisotopic (exact) mass is 260 g/mol. The van der Waals surface area contributed by atoms with Gasteiger partial charge in [-0.2, -0.15) is 4.80 Å². The van der Waals surface area contributed by atoms with E-state index in [9.17, 15) is 0 Å². The minimum Gasteiger partial charge on any atom is -0.271 e. The van der Waals surface area contributed by atoms with Gasteiger partial charge in [0.15, 0.2) is 5.82 Å². The Hall–Kier alpha value is -1.79. The number of hydrogen-bond acceptors (Lipinski definition) is 5. The van der Waals surface area contributed by atoms with Crippen molar-refractivity contribution in [2.45, 2.75) is 32.2 Å². The molecule has 102 valence electrons. The third kappa shape index (κ3) is 4.11. The summed E-state index contributed by atoms with van der Waals surface area (Å²) in [4.78, 5) is 1.46. The molecule has 6 nitrogen and oxygen atoms in total. The SMILES string of the molecule is Cc1ccc(CCC(Cc2nnn(C)n2)NN)cc1. The summed E-state index contributed by atoms with van der Waals surface area (Å²) in [6.45, 7) is 2.09. The molecule has 3 N–H and O–H groups in total. The van der Waals surface area contributed by atoms with Crippen molar-refractivity contribution in [2.75, 3.05) is 0 Å². The highest BCUT2D eigenvalue weighted by Gasteiger charge is 2.11. The minimum absolute atomic E-state index is 0.158. The van der Waals surface area contributed by atoms with Gasteiger partial charge in [0.1, 0.15) is 0 Å². The van der Waals surface area contributed by atoms with Crippen LogP contribution in [0, 0.1) is 6.92 Å². The normalized spacial score (nSPS) is 12.6. The number of tetrazole rings is 1. The third-order valence-corrected chi connectivity index (χ3v) is 3.12. The Morgan fingerprint density at radius 1 is 1.32 bits per heavy atom. The third-order valence-electron chi connectivity index (χ3n) is 3.12. The molecule has 0 aliphatic heterocycles. The molecule has 19 heavy (non-hydrogen) atoms. The largest absolute Gasteiger partial charge is 0.271 e. The van der Waals surface area contributed by atoms with Crippen LogP contribution in [0.3, 0.4) is 0 Å². The fourth-order valence-corrected chi connectivity index (χ4v) is 1.97. The second-order valence-corrected chi connectivity index (χ2v) is 4.79. The summed E-state index contributed by atoms with van der Waals surface area (Å²) >= 11 is 0. The molecule has 1 aromatic carbocycles. The second kappa shape index (κ2) is 6.40. The molecule has 1 atom stereocenters. The lowest BCUT2D eigenvalue weighted by Crippen LogP contribution is -2.37. The van der Waals surface area contributed by atoms with Crippen molar-refractivity contribution >= 4 is 0 Å². The van der Waals surface area contributed by atoms with Crippen LogP contribution in [-0.2, 0) is 19.9 Å². The van der Waals surface area contributed by atoms with Gasteiger partial charge in [0.25, 0.3) is 0 Å². The lowest BCUT2D eigenvalue weighted by molar-refractivity contribution is 0.481. The first-order valence-electron chi connectivity index (χ1n) is 6.42. The lowest BCUT2D eigenvalue weighted by atomic mass is 10.0. The maximum atomic E-state index is 5.58. The average molecular weight is 260 g/mol. The highest BCUT2D eigenvalue weighted by atomic mass is 15.6. The van der Waals surface area contributed by atoms with Crippen LogP contribution in [0.25, 0.3) is 0 Å². The highest BCUT2D eigenvalue weighted by molar-refractivity contribution is 5.21. The van der Waals surface area contributed by atoms with Gasteiger partial charge in [-0.15, -0.1) is 10.2 Å². The molecule has 6 heteroatoms. The van der Waals surface area contributed by atoms with E-state index in [1.165, 1.54) is 15.9 Å². The van der Waals surface area contributed by atoms with Crippen molar-refractivity contribution in [2.24, 2.45) is 12.9 Å². The summed E-state index contributed by atoms with van der Waals surface area (Å²) in [5.74, 6) is 6.30. The van der Waals surface area contributed by atoms with Gasteiger partial charge < -0.3 is 0 Å². The number of hydrogen-bond donors (Lipinski definition) is 2. The molecule has 1 heterocycles. The Morgan fingerprint density at radius 3 is 2.63 bits per heavy atom. The molecule has 2 rings (SSSR count). The van der Waals surface area contributed by atoms with Gasteiger partial charge in [0.2, 0.25) is 0 Å². The number of rotatable bonds is 6. The molecule has 0 saturated carbocycles. The van der Waals surface area contributed by atoms with Crippen molar-refractivity contribution < 1.29 is 0 Å². The number of aryl methyl sites for hydroxylation is 3. The van der Waals surface area contributed by atoms with E-state index in [2.05, 4.69) is 52.0 Å². The average Bonchev–Trinajstić information content (AvgIpc) is 2.82. The first-order chi connectivity index (χ1) is 9.17. The smallest absolute Gasteiger partial charge is 0.176 e. The van der Waals surface area contributed by atoms with Crippen LogP contribution in [0.2, 0.25) is 0 Å². The zero-order valence-corrected chi connectivity index (χ0v) is 11.4. The van der Waals surface area contributed by atoms with Crippen LogP contribution in [-0.4, -0.2) is 26.2 Å². The Labute approximate surface area is 113 Å². The quantitative estimate of drug-likeness (QED) is 0.585.